The molecule has 2 rings (SSSR count). The van der Waals surface area contributed by atoms with Gasteiger partial charge in [-0.25, -0.2) is 9.78 Å². The van der Waals surface area contributed by atoms with Gasteiger partial charge in [0.1, 0.15) is 0 Å². The highest BCUT2D eigenvalue weighted by Crippen LogP contribution is 2.30. The standard InChI is InChI=1S/C12H18ClN3O2S/c1-3-8(2)15-4-6-16(7-5-15)12-14-10(13)9(19-12)11(17)18/h8H,3-7H2,1-2H3,(H,17,18). The second kappa shape index (κ2) is 6.07. The van der Waals surface area contributed by atoms with E-state index in [1.807, 2.05) is 0 Å². The van der Waals surface area contributed by atoms with E-state index in [2.05, 4.69) is 28.6 Å². The van der Waals surface area contributed by atoms with Gasteiger partial charge in [0.25, 0.3) is 0 Å². The maximum Gasteiger partial charge on any atom is 0.349 e. The van der Waals surface area contributed by atoms with E-state index in [1.165, 1.54) is 0 Å². The summed E-state index contributed by atoms with van der Waals surface area (Å²) in [7, 11) is 0. The molecule has 1 unspecified atom stereocenters. The summed E-state index contributed by atoms with van der Waals surface area (Å²) in [6, 6.07) is 0.594. The van der Waals surface area contributed by atoms with Gasteiger partial charge in [0.2, 0.25) is 0 Å². The van der Waals surface area contributed by atoms with Crippen molar-refractivity contribution >= 4 is 34.0 Å². The number of hydrogen-bond acceptors (Lipinski definition) is 5. The van der Waals surface area contributed by atoms with Crippen molar-refractivity contribution in [2.45, 2.75) is 26.3 Å². The molecule has 7 heteroatoms. The van der Waals surface area contributed by atoms with E-state index >= 15 is 0 Å². The SMILES string of the molecule is CCC(C)N1CCN(c2nc(Cl)c(C(=O)O)s2)CC1. The third-order valence-corrected chi connectivity index (χ3v) is 5.06. The Labute approximate surface area is 121 Å². The van der Waals surface area contributed by atoms with Crippen LogP contribution in [-0.4, -0.2) is 53.2 Å². The van der Waals surface area contributed by atoms with Crippen molar-refractivity contribution in [1.29, 1.82) is 0 Å². The Balaban J connectivity index is 2.02. The largest absolute Gasteiger partial charge is 0.477 e. The summed E-state index contributed by atoms with van der Waals surface area (Å²) in [4.78, 5) is 19.8. The molecule has 106 valence electrons. The van der Waals surface area contributed by atoms with E-state index in [4.69, 9.17) is 16.7 Å². The highest BCUT2D eigenvalue weighted by Gasteiger charge is 2.24. The highest BCUT2D eigenvalue weighted by molar-refractivity contribution is 7.18. The number of aromatic nitrogens is 1. The minimum Gasteiger partial charge on any atom is -0.477 e. The van der Waals surface area contributed by atoms with Crippen LogP contribution in [0.15, 0.2) is 0 Å². The minimum atomic E-state index is -1.01. The van der Waals surface area contributed by atoms with E-state index < -0.39 is 5.97 Å². The van der Waals surface area contributed by atoms with Gasteiger partial charge < -0.3 is 10.0 Å². The molecule has 1 saturated heterocycles. The molecule has 0 aromatic carbocycles. The van der Waals surface area contributed by atoms with E-state index in [0.29, 0.717) is 11.2 Å². The monoisotopic (exact) mass is 303 g/mol. The van der Waals surface area contributed by atoms with Crippen molar-refractivity contribution in [3.05, 3.63) is 10.0 Å². The van der Waals surface area contributed by atoms with Crippen LogP contribution in [0.3, 0.4) is 0 Å². The second-order valence-corrected chi connectivity index (χ2v) is 6.04. The van der Waals surface area contributed by atoms with Gasteiger partial charge in [-0.1, -0.05) is 29.9 Å². The zero-order chi connectivity index (χ0) is 14.0. The molecule has 1 aromatic heterocycles. The van der Waals surface area contributed by atoms with Crippen molar-refractivity contribution in [3.8, 4) is 0 Å². The van der Waals surface area contributed by atoms with Crippen molar-refractivity contribution in [2.75, 3.05) is 31.1 Å². The van der Waals surface area contributed by atoms with Crippen LogP contribution in [0.4, 0.5) is 5.13 Å². The van der Waals surface area contributed by atoms with Crippen molar-refractivity contribution < 1.29 is 9.90 Å². The Morgan fingerprint density at radius 2 is 2.11 bits per heavy atom. The van der Waals surface area contributed by atoms with Crippen molar-refractivity contribution in [1.82, 2.24) is 9.88 Å². The summed E-state index contributed by atoms with van der Waals surface area (Å²) in [5, 5.41) is 9.79. The van der Waals surface area contributed by atoms with Gasteiger partial charge in [0, 0.05) is 32.2 Å². The predicted molar refractivity (Wildman–Crippen MR) is 77.6 cm³/mol. The van der Waals surface area contributed by atoms with Gasteiger partial charge in [-0.05, 0) is 13.3 Å². The Morgan fingerprint density at radius 3 is 2.58 bits per heavy atom. The third-order valence-electron chi connectivity index (χ3n) is 3.57. The molecule has 0 radical (unpaired) electrons. The molecule has 1 atom stereocenters. The first-order valence-corrected chi connectivity index (χ1v) is 7.61. The fourth-order valence-electron chi connectivity index (χ4n) is 2.17. The third kappa shape index (κ3) is 3.19. The number of carboxylic acids is 1. The average molecular weight is 304 g/mol. The Morgan fingerprint density at radius 1 is 1.47 bits per heavy atom. The number of carbonyl (C=O) groups is 1. The molecule has 1 N–H and O–H groups in total. The Bertz CT molecular complexity index is 458. The van der Waals surface area contributed by atoms with Gasteiger partial charge >= 0.3 is 5.97 Å². The summed E-state index contributed by atoms with van der Waals surface area (Å²) in [6.45, 7) is 8.12. The number of aromatic carboxylic acids is 1. The lowest BCUT2D eigenvalue weighted by molar-refractivity contribution is 0.0702. The number of nitrogens with zero attached hydrogens (tertiary/aromatic N) is 3. The molecule has 5 nitrogen and oxygen atoms in total. The van der Waals surface area contributed by atoms with Crippen LogP contribution in [0.1, 0.15) is 29.9 Å². The number of halogens is 1. The molecule has 1 aromatic rings. The number of rotatable bonds is 4. The summed E-state index contributed by atoms with van der Waals surface area (Å²) in [5.74, 6) is -1.01. The Kier molecular flexibility index (Phi) is 4.65. The summed E-state index contributed by atoms with van der Waals surface area (Å²) >= 11 is 7.00. The van der Waals surface area contributed by atoms with Gasteiger partial charge in [-0.3, -0.25) is 4.90 Å². The second-order valence-electron chi connectivity index (χ2n) is 4.70. The van der Waals surface area contributed by atoms with Gasteiger partial charge in [0.15, 0.2) is 15.2 Å². The first-order chi connectivity index (χ1) is 9.02. The van der Waals surface area contributed by atoms with Crippen LogP contribution in [-0.2, 0) is 0 Å². The summed E-state index contributed by atoms with van der Waals surface area (Å²) in [6.07, 6.45) is 1.15. The molecule has 1 aliphatic heterocycles. The number of anilines is 1. The predicted octanol–water partition coefficient (Wildman–Crippen LogP) is 2.42. The lowest BCUT2D eigenvalue weighted by atomic mass is 10.2. The van der Waals surface area contributed by atoms with Crippen LogP contribution >= 0.6 is 22.9 Å². The molecular weight excluding hydrogens is 286 g/mol. The highest BCUT2D eigenvalue weighted by atomic mass is 35.5. The molecule has 0 aliphatic carbocycles. The maximum absolute atomic E-state index is 11.0. The topological polar surface area (TPSA) is 56.7 Å². The van der Waals surface area contributed by atoms with E-state index in [9.17, 15) is 4.79 Å². The van der Waals surface area contributed by atoms with Gasteiger partial charge in [0.05, 0.1) is 0 Å². The number of thiazole rings is 1. The summed E-state index contributed by atoms with van der Waals surface area (Å²) < 4.78 is 0. The maximum atomic E-state index is 11.0. The lowest BCUT2D eigenvalue weighted by Crippen LogP contribution is -2.49. The molecular formula is C12H18ClN3O2S. The normalized spacial score (nSPS) is 18.6. The fourth-order valence-corrected chi connectivity index (χ4v) is 3.35. The lowest BCUT2D eigenvalue weighted by Gasteiger charge is -2.37. The van der Waals surface area contributed by atoms with Crippen LogP contribution in [0, 0.1) is 0 Å². The minimum absolute atomic E-state index is 0.0943. The van der Waals surface area contributed by atoms with Crippen LogP contribution in [0.5, 0.6) is 0 Å². The quantitative estimate of drug-likeness (QED) is 0.926. The first-order valence-electron chi connectivity index (χ1n) is 6.41. The van der Waals surface area contributed by atoms with Crippen molar-refractivity contribution in [2.24, 2.45) is 0 Å². The molecule has 2 heterocycles. The van der Waals surface area contributed by atoms with E-state index in [-0.39, 0.29) is 10.0 Å². The smallest absolute Gasteiger partial charge is 0.349 e. The van der Waals surface area contributed by atoms with Crippen molar-refractivity contribution in [3.63, 3.8) is 0 Å². The molecule has 19 heavy (non-hydrogen) atoms. The van der Waals surface area contributed by atoms with Crippen LogP contribution in [0.25, 0.3) is 0 Å². The fraction of sp³-hybridized carbons (Fsp3) is 0.667. The van der Waals surface area contributed by atoms with Gasteiger partial charge in [-0.15, -0.1) is 0 Å². The number of hydrogen-bond donors (Lipinski definition) is 1. The van der Waals surface area contributed by atoms with Crippen LogP contribution in [0.2, 0.25) is 5.15 Å². The zero-order valence-electron chi connectivity index (χ0n) is 11.1. The van der Waals surface area contributed by atoms with Crippen LogP contribution < -0.4 is 4.90 Å². The van der Waals surface area contributed by atoms with E-state index in [1.54, 1.807) is 0 Å². The average Bonchev–Trinajstić information content (AvgIpc) is 2.80. The number of carboxylic acid groups (broad SMARTS) is 1. The number of piperazine rings is 1. The molecule has 1 fully saturated rings. The van der Waals surface area contributed by atoms with E-state index in [0.717, 1.165) is 43.9 Å². The first kappa shape index (κ1) is 14.6. The summed E-state index contributed by atoms with van der Waals surface area (Å²) in [5.41, 5.74) is 0. The van der Waals surface area contributed by atoms with Gasteiger partial charge in [-0.2, -0.15) is 0 Å². The molecule has 0 amide bonds. The zero-order valence-corrected chi connectivity index (χ0v) is 12.7. The molecule has 0 saturated carbocycles. The Hall–Kier alpha value is -0.850. The molecule has 1 aliphatic rings. The molecule has 0 bridgehead atoms. The molecule has 0 spiro atoms.